The first-order chi connectivity index (χ1) is 17.5. The fourth-order valence-corrected chi connectivity index (χ4v) is 5.83. The van der Waals surface area contributed by atoms with Gasteiger partial charge in [0, 0.05) is 18.9 Å². The highest BCUT2D eigenvalue weighted by Gasteiger charge is 2.51. The first-order valence-corrected chi connectivity index (χ1v) is 13.2. The summed E-state index contributed by atoms with van der Waals surface area (Å²) >= 11 is 0. The average Bonchev–Trinajstić information content (AvgIpc) is 3.27. The maximum Gasteiger partial charge on any atom is 0.248 e. The molecule has 4 rings (SSSR count). The molecule has 2 atom stereocenters. The molecule has 1 fully saturated rings. The second-order valence-corrected chi connectivity index (χ2v) is 11.2. The van der Waals surface area contributed by atoms with Crippen molar-refractivity contribution in [3.63, 3.8) is 0 Å². The maximum atomic E-state index is 13.4. The Morgan fingerprint density at radius 2 is 1.68 bits per heavy atom. The third kappa shape index (κ3) is 5.23. The summed E-state index contributed by atoms with van der Waals surface area (Å²) in [5.74, 6) is -3.11. The second kappa shape index (κ2) is 10.2. The molecule has 0 saturated heterocycles. The van der Waals surface area contributed by atoms with E-state index in [0.29, 0.717) is 28.8 Å². The van der Waals surface area contributed by atoms with Gasteiger partial charge in [0.15, 0.2) is 21.5 Å². The highest BCUT2D eigenvalue weighted by Crippen LogP contribution is 2.45. The lowest BCUT2D eigenvalue weighted by atomic mass is 9.77. The van der Waals surface area contributed by atoms with E-state index in [-0.39, 0.29) is 11.6 Å². The van der Waals surface area contributed by atoms with Crippen LogP contribution in [0.4, 0.5) is 8.78 Å². The van der Waals surface area contributed by atoms with E-state index in [0.717, 1.165) is 0 Å². The van der Waals surface area contributed by atoms with Crippen molar-refractivity contribution >= 4 is 9.84 Å². The van der Waals surface area contributed by atoms with Gasteiger partial charge in [0.1, 0.15) is 28.6 Å². The van der Waals surface area contributed by atoms with E-state index in [2.05, 4.69) is 15.2 Å². The minimum Gasteiger partial charge on any atom is -0.494 e. The zero-order chi connectivity index (χ0) is 27.0. The van der Waals surface area contributed by atoms with E-state index in [1.54, 1.807) is 36.4 Å². The molecule has 10 nitrogen and oxygen atoms in total. The van der Waals surface area contributed by atoms with Gasteiger partial charge in [-0.1, -0.05) is 12.1 Å². The first-order valence-electron chi connectivity index (χ1n) is 11.5. The quantitative estimate of drug-likeness (QED) is 0.414. The van der Waals surface area contributed by atoms with Gasteiger partial charge in [0.2, 0.25) is 11.8 Å². The zero-order valence-electron chi connectivity index (χ0n) is 20.8. The number of methoxy groups -OCH3 is 3. The Hall–Kier alpha value is -3.32. The van der Waals surface area contributed by atoms with Crippen LogP contribution in [0.1, 0.15) is 25.6 Å². The lowest BCUT2D eigenvalue weighted by molar-refractivity contribution is -0.140. The van der Waals surface area contributed by atoms with Crippen molar-refractivity contribution in [1.29, 1.82) is 0 Å². The number of aromatic nitrogens is 4. The number of sulfone groups is 1. The molecule has 13 heteroatoms. The maximum absolute atomic E-state index is 13.4. The lowest BCUT2D eigenvalue weighted by Gasteiger charge is -2.39. The highest BCUT2D eigenvalue weighted by molar-refractivity contribution is 7.91. The molecule has 0 radical (unpaired) electrons. The summed E-state index contributed by atoms with van der Waals surface area (Å²) in [4.78, 5) is 4.40. The van der Waals surface area contributed by atoms with Crippen LogP contribution < -0.4 is 14.2 Å². The molecule has 1 aromatic carbocycles. The molecule has 2 heterocycles. The number of hydrogen-bond acceptors (Lipinski definition) is 9. The first kappa shape index (κ1) is 26.7. The van der Waals surface area contributed by atoms with Gasteiger partial charge in [0.25, 0.3) is 0 Å². The summed E-state index contributed by atoms with van der Waals surface area (Å²) in [5, 5.41) is 17.6. The third-order valence-corrected chi connectivity index (χ3v) is 8.57. The number of nitrogens with zero attached hydrogens (tertiary/aromatic N) is 4. The largest absolute Gasteiger partial charge is 0.494 e. The highest BCUT2D eigenvalue weighted by atomic mass is 32.2. The minimum absolute atomic E-state index is 0.000379. The molecular weight excluding hydrogens is 510 g/mol. The number of para-hydroxylation sites is 1. The molecule has 0 amide bonds. The molecule has 1 aliphatic carbocycles. The van der Waals surface area contributed by atoms with Crippen molar-refractivity contribution < 1.29 is 36.5 Å². The fraction of sp³-hybridized carbons (Fsp3) is 0.458. The van der Waals surface area contributed by atoms with Gasteiger partial charge in [-0.2, -0.15) is 0 Å². The van der Waals surface area contributed by atoms with Gasteiger partial charge < -0.3 is 19.3 Å². The standard InChI is InChI=1S/C24H28F2N4O6S/c1-14(22(31)15-11-24(25,26)12-15)37(32,33)13-19-28-29-23(16-7-5-10-20(27-16)36-4)30(19)21-17(34-2)8-6-9-18(21)35-3/h5-10,14-15,22,31H,11-13H2,1-4H3/t14-,22-/m1/s1. The summed E-state index contributed by atoms with van der Waals surface area (Å²) in [5.41, 5.74) is 0.683. The molecule has 2 aromatic heterocycles. The van der Waals surface area contributed by atoms with E-state index in [1.165, 1.54) is 32.8 Å². The fourth-order valence-electron chi connectivity index (χ4n) is 4.37. The molecule has 1 aliphatic rings. The van der Waals surface area contributed by atoms with Crippen LogP contribution in [0.3, 0.4) is 0 Å². The van der Waals surface area contributed by atoms with Crippen molar-refractivity contribution in [2.75, 3.05) is 21.3 Å². The van der Waals surface area contributed by atoms with E-state index < -0.39 is 51.6 Å². The monoisotopic (exact) mass is 538 g/mol. The number of ether oxygens (including phenoxy) is 3. The Morgan fingerprint density at radius 1 is 1.05 bits per heavy atom. The summed E-state index contributed by atoms with van der Waals surface area (Å²) < 4.78 is 71.1. The Morgan fingerprint density at radius 3 is 2.24 bits per heavy atom. The smallest absolute Gasteiger partial charge is 0.248 e. The van der Waals surface area contributed by atoms with Crippen LogP contribution in [0.2, 0.25) is 0 Å². The Kier molecular flexibility index (Phi) is 7.38. The van der Waals surface area contributed by atoms with E-state index in [4.69, 9.17) is 14.2 Å². The second-order valence-electron chi connectivity index (χ2n) is 8.88. The van der Waals surface area contributed by atoms with E-state index in [1.807, 2.05) is 0 Å². The summed E-state index contributed by atoms with van der Waals surface area (Å²) in [6.07, 6.45) is -2.54. The summed E-state index contributed by atoms with van der Waals surface area (Å²) in [6, 6.07) is 10.0. The van der Waals surface area contributed by atoms with E-state index in [9.17, 15) is 22.3 Å². The van der Waals surface area contributed by atoms with Gasteiger partial charge in [0.05, 0.1) is 32.7 Å². The normalized spacial score (nSPS) is 17.1. The lowest BCUT2D eigenvalue weighted by Crippen LogP contribution is -2.48. The molecule has 0 bridgehead atoms. The Labute approximate surface area is 213 Å². The molecule has 1 saturated carbocycles. The predicted octanol–water partition coefficient (Wildman–Crippen LogP) is 3.06. The molecule has 200 valence electrons. The van der Waals surface area contributed by atoms with Crippen LogP contribution in [0.25, 0.3) is 17.2 Å². The van der Waals surface area contributed by atoms with Crippen LogP contribution in [0, 0.1) is 5.92 Å². The molecule has 1 N–H and O–H groups in total. The summed E-state index contributed by atoms with van der Waals surface area (Å²) in [7, 11) is 0.301. The van der Waals surface area contributed by atoms with Crippen molar-refractivity contribution in [1.82, 2.24) is 19.7 Å². The molecular formula is C24H28F2N4O6S. The van der Waals surface area contributed by atoms with Gasteiger partial charge in [-0.25, -0.2) is 22.2 Å². The SMILES string of the molecule is COc1cccc(-c2nnc(CS(=O)(=O)[C@H](C)[C@@H](O)C3CC(F)(F)C3)n2-c2c(OC)cccc2OC)n1. The zero-order valence-corrected chi connectivity index (χ0v) is 21.6. The average molecular weight is 539 g/mol. The van der Waals surface area contributed by atoms with Gasteiger partial charge in [-0.15, -0.1) is 10.2 Å². The molecule has 0 aliphatic heterocycles. The Bertz CT molecular complexity index is 1350. The van der Waals surface area contributed by atoms with Crippen molar-refractivity contribution in [3.05, 3.63) is 42.2 Å². The van der Waals surface area contributed by atoms with Gasteiger partial charge in [-0.3, -0.25) is 4.57 Å². The number of benzene rings is 1. The Balaban J connectivity index is 1.80. The number of pyridine rings is 1. The van der Waals surface area contributed by atoms with Crippen LogP contribution in [0.15, 0.2) is 36.4 Å². The number of aliphatic hydroxyl groups is 1. The molecule has 37 heavy (non-hydrogen) atoms. The predicted molar refractivity (Wildman–Crippen MR) is 130 cm³/mol. The van der Waals surface area contributed by atoms with Crippen molar-refractivity contribution in [2.24, 2.45) is 5.92 Å². The van der Waals surface area contributed by atoms with Gasteiger partial charge in [-0.05, 0) is 31.0 Å². The van der Waals surface area contributed by atoms with Crippen LogP contribution >= 0.6 is 0 Å². The molecule has 0 spiro atoms. The number of rotatable bonds is 10. The summed E-state index contributed by atoms with van der Waals surface area (Å²) in [6.45, 7) is 1.31. The number of halogens is 2. The van der Waals surface area contributed by atoms with E-state index >= 15 is 0 Å². The number of alkyl halides is 2. The van der Waals surface area contributed by atoms with Crippen LogP contribution in [-0.2, 0) is 15.6 Å². The molecule has 0 unspecified atom stereocenters. The number of hydrogen-bond donors (Lipinski definition) is 1. The molecule has 3 aromatic rings. The van der Waals surface area contributed by atoms with Gasteiger partial charge >= 0.3 is 0 Å². The number of aliphatic hydroxyl groups excluding tert-OH is 1. The van der Waals surface area contributed by atoms with Crippen LogP contribution in [0.5, 0.6) is 17.4 Å². The van der Waals surface area contributed by atoms with Crippen molar-refractivity contribution in [2.45, 2.75) is 42.8 Å². The van der Waals surface area contributed by atoms with Crippen LogP contribution in [-0.4, -0.2) is 71.9 Å². The topological polar surface area (TPSA) is 126 Å². The van der Waals surface area contributed by atoms with Crippen molar-refractivity contribution in [3.8, 4) is 34.6 Å². The third-order valence-electron chi connectivity index (χ3n) is 6.50. The minimum atomic E-state index is -4.07.